The van der Waals surface area contributed by atoms with Crippen LogP contribution in [0.25, 0.3) is 0 Å². The first-order valence-electron chi connectivity index (χ1n) is 8.75. The van der Waals surface area contributed by atoms with Gasteiger partial charge < -0.3 is 24.8 Å². The number of hydrogen-bond donors (Lipinski definition) is 2. The van der Waals surface area contributed by atoms with E-state index in [0.717, 1.165) is 17.0 Å². The van der Waals surface area contributed by atoms with Crippen molar-refractivity contribution in [2.45, 2.75) is 13.5 Å². The summed E-state index contributed by atoms with van der Waals surface area (Å²) in [5, 5.41) is 5.53. The molecule has 0 aliphatic rings. The van der Waals surface area contributed by atoms with Gasteiger partial charge in [0.2, 0.25) is 0 Å². The highest BCUT2D eigenvalue weighted by Gasteiger charge is 2.02. The van der Waals surface area contributed by atoms with Crippen LogP contribution in [-0.2, 0) is 16.1 Å². The number of urea groups is 1. The van der Waals surface area contributed by atoms with Crippen molar-refractivity contribution in [1.82, 2.24) is 5.32 Å². The number of carbonyl (C=O) groups excluding carboxylic acids is 1. The summed E-state index contributed by atoms with van der Waals surface area (Å²) in [6.45, 7) is 4.98. The topological polar surface area (TPSA) is 68.8 Å². The predicted octanol–water partition coefficient (Wildman–Crippen LogP) is 3.44. The molecule has 6 heteroatoms. The fraction of sp³-hybridized carbons (Fsp3) is 0.350. The molecule has 0 radical (unpaired) electrons. The Morgan fingerprint density at radius 1 is 0.962 bits per heavy atom. The van der Waals surface area contributed by atoms with Gasteiger partial charge in [0, 0.05) is 18.8 Å². The van der Waals surface area contributed by atoms with Crippen LogP contribution in [0, 0.1) is 0 Å². The Hall–Kier alpha value is -2.57. The van der Waals surface area contributed by atoms with Gasteiger partial charge >= 0.3 is 6.03 Å². The molecular weight excluding hydrogens is 332 g/mol. The molecule has 140 valence electrons. The van der Waals surface area contributed by atoms with Crippen LogP contribution in [0.3, 0.4) is 0 Å². The molecule has 0 unspecified atom stereocenters. The second-order valence-electron chi connectivity index (χ2n) is 5.49. The third-order valence-electron chi connectivity index (χ3n) is 3.43. The normalized spacial score (nSPS) is 10.3. The zero-order valence-electron chi connectivity index (χ0n) is 15.1. The standard InChI is InChI=1S/C20H26N2O4/c1-2-24-12-11-21-20(23)22-18-8-6-7-17(15-18)16-25-13-14-26-19-9-4-3-5-10-19/h3-10,15H,2,11-14,16H2,1H3,(H2,21,22,23). The molecule has 0 aliphatic carbocycles. The Morgan fingerprint density at radius 3 is 2.62 bits per heavy atom. The number of rotatable bonds is 11. The molecule has 0 saturated carbocycles. The molecule has 2 aromatic carbocycles. The minimum Gasteiger partial charge on any atom is -0.491 e. The summed E-state index contributed by atoms with van der Waals surface area (Å²) >= 11 is 0. The van der Waals surface area contributed by atoms with Gasteiger partial charge in [-0.3, -0.25) is 0 Å². The Balaban J connectivity index is 1.65. The van der Waals surface area contributed by atoms with E-state index in [4.69, 9.17) is 14.2 Å². The van der Waals surface area contributed by atoms with E-state index in [9.17, 15) is 4.79 Å². The molecule has 0 saturated heterocycles. The quantitative estimate of drug-likeness (QED) is 0.604. The highest BCUT2D eigenvalue weighted by Crippen LogP contribution is 2.12. The lowest BCUT2D eigenvalue weighted by Crippen LogP contribution is -2.31. The lowest BCUT2D eigenvalue weighted by molar-refractivity contribution is 0.0889. The molecule has 6 nitrogen and oxygen atoms in total. The molecule has 2 amide bonds. The van der Waals surface area contributed by atoms with Crippen molar-refractivity contribution in [3.8, 4) is 5.75 Å². The maximum Gasteiger partial charge on any atom is 0.319 e. The van der Waals surface area contributed by atoms with Gasteiger partial charge in [-0.05, 0) is 36.8 Å². The van der Waals surface area contributed by atoms with Crippen molar-refractivity contribution < 1.29 is 19.0 Å². The third-order valence-corrected chi connectivity index (χ3v) is 3.43. The van der Waals surface area contributed by atoms with Crippen LogP contribution in [0.4, 0.5) is 10.5 Å². The van der Waals surface area contributed by atoms with Crippen LogP contribution >= 0.6 is 0 Å². The molecular formula is C20H26N2O4. The average Bonchev–Trinajstić information content (AvgIpc) is 2.66. The van der Waals surface area contributed by atoms with Gasteiger partial charge in [0.15, 0.2) is 0 Å². The van der Waals surface area contributed by atoms with Gasteiger partial charge in [0.25, 0.3) is 0 Å². The average molecular weight is 358 g/mol. The summed E-state index contributed by atoms with van der Waals surface area (Å²) in [5.74, 6) is 0.831. The Labute approximate surface area is 154 Å². The number of para-hydroxylation sites is 1. The van der Waals surface area contributed by atoms with E-state index in [0.29, 0.717) is 39.6 Å². The fourth-order valence-corrected chi connectivity index (χ4v) is 2.22. The first-order valence-corrected chi connectivity index (χ1v) is 8.75. The molecule has 0 aliphatic heterocycles. The highest BCUT2D eigenvalue weighted by molar-refractivity contribution is 5.89. The van der Waals surface area contributed by atoms with E-state index >= 15 is 0 Å². The Kier molecular flexibility index (Phi) is 9.03. The maximum absolute atomic E-state index is 11.8. The number of nitrogens with one attached hydrogen (secondary N) is 2. The number of anilines is 1. The third kappa shape index (κ3) is 8.00. The fourth-order valence-electron chi connectivity index (χ4n) is 2.22. The largest absolute Gasteiger partial charge is 0.491 e. The van der Waals surface area contributed by atoms with E-state index in [1.807, 2.05) is 61.5 Å². The lowest BCUT2D eigenvalue weighted by atomic mass is 10.2. The van der Waals surface area contributed by atoms with Crippen molar-refractivity contribution in [2.24, 2.45) is 0 Å². The summed E-state index contributed by atoms with van der Waals surface area (Å²) in [4.78, 5) is 11.8. The number of benzene rings is 2. The molecule has 0 aromatic heterocycles. The summed E-state index contributed by atoms with van der Waals surface area (Å²) < 4.78 is 16.4. The van der Waals surface area contributed by atoms with Crippen LogP contribution in [0.1, 0.15) is 12.5 Å². The van der Waals surface area contributed by atoms with Crippen LogP contribution in [0.5, 0.6) is 5.75 Å². The van der Waals surface area contributed by atoms with Crippen LogP contribution in [-0.4, -0.2) is 39.0 Å². The molecule has 2 N–H and O–H groups in total. The first kappa shape index (κ1) is 19.8. The van der Waals surface area contributed by atoms with E-state index in [2.05, 4.69) is 10.6 Å². The Morgan fingerprint density at radius 2 is 1.81 bits per heavy atom. The van der Waals surface area contributed by atoms with Gasteiger partial charge in [-0.25, -0.2) is 4.79 Å². The van der Waals surface area contributed by atoms with E-state index in [1.54, 1.807) is 0 Å². The minimum atomic E-state index is -0.251. The molecule has 0 heterocycles. The smallest absolute Gasteiger partial charge is 0.319 e. The second-order valence-corrected chi connectivity index (χ2v) is 5.49. The van der Waals surface area contributed by atoms with Crippen LogP contribution in [0.15, 0.2) is 54.6 Å². The van der Waals surface area contributed by atoms with Crippen molar-refractivity contribution in [2.75, 3.05) is 38.3 Å². The van der Waals surface area contributed by atoms with E-state index in [1.165, 1.54) is 0 Å². The van der Waals surface area contributed by atoms with E-state index < -0.39 is 0 Å². The van der Waals surface area contributed by atoms with Crippen LogP contribution in [0.2, 0.25) is 0 Å². The van der Waals surface area contributed by atoms with Gasteiger partial charge in [0.05, 0.1) is 19.8 Å². The molecule has 0 spiro atoms. The Bertz CT molecular complexity index is 649. The predicted molar refractivity (Wildman–Crippen MR) is 102 cm³/mol. The lowest BCUT2D eigenvalue weighted by Gasteiger charge is -2.10. The van der Waals surface area contributed by atoms with Crippen molar-refractivity contribution in [3.05, 3.63) is 60.2 Å². The number of carbonyl (C=O) groups is 1. The van der Waals surface area contributed by atoms with Crippen LogP contribution < -0.4 is 15.4 Å². The van der Waals surface area contributed by atoms with Crippen molar-refractivity contribution >= 4 is 11.7 Å². The summed E-state index contributed by atoms with van der Waals surface area (Å²) in [5.41, 5.74) is 1.71. The summed E-state index contributed by atoms with van der Waals surface area (Å²) in [6.07, 6.45) is 0. The van der Waals surface area contributed by atoms with E-state index in [-0.39, 0.29) is 6.03 Å². The first-order chi connectivity index (χ1) is 12.8. The van der Waals surface area contributed by atoms with Gasteiger partial charge in [-0.15, -0.1) is 0 Å². The number of amides is 2. The highest BCUT2D eigenvalue weighted by atomic mass is 16.5. The molecule has 2 rings (SSSR count). The van der Waals surface area contributed by atoms with Gasteiger partial charge in [-0.2, -0.15) is 0 Å². The summed E-state index contributed by atoms with van der Waals surface area (Å²) in [7, 11) is 0. The zero-order chi connectivity index (χ0) is 18.5. The molecule has 0 bridgehead atoms. The molecule has 2 aromatic rings. The number of hydrogen-bond acceptors (Lipinski definition) is 4. The second kappa shape index (κ2) is 11.9. The van der Waals surface area contributed by atoms with Gasteiger partial charge in [-0.1, -0.05) is 30.3 Å². The molecule has 0 atom stereocenters. The summed E-state index contributed by atoms with van der Waals surface area (Å²) in [6, 6.07) is 16.9. The maximum atomic E-state index is 11.8. The molecule has 26 heavy (non-hydrogen) atoms. The monoisotopic (exact) mass is 358 g/mol. The zero-order valence-corrected chi connectivity index (χ0v) is 15.1. The molecule has 0 fully saturated rings. The van der Waals surface area contributed by atoms with Gasteiger partial charge in [0.1, 0.15) is 12.4 Å². The van der Waals surface area contributed by atoms with Crippen molar-refractivity contribution in [3.63, 3.8) is 0 Å². The number of ether oxygens (including phenoxy) is 3. The minimum absolute atomic E-state index is 0.251. The van der Waals surface area contributed by atoms with Crippen molar-refractivity contribution in [1.29, 1.82) is 0 Å². The SMILES string of the molecule is CCOCCNC(=O)Nc1cccc(COCCOc2ccccc2)c1.